The number of aromatic nitrogens is 2. The third kappa shape index (κ3) is 2.80. The second-order valence-electron chi connectivity index (χ2n) is 4.85. The van der Waals surface area contributed by atoms with Crippen LogP contribution in [0.2, 0.25) is 0 Å². The molecular formula is C12H17ClN4O2S. The van der Waals surface area contributed by atoms with Gasteiger partial charge in [-0.05, 0) is 30.9 Å². The zero-order valence-corrected chi connectivity index (χ0v) is 12.4. The van der Waals surface area contributed by atoms with Crippen molar-refractivity contribution in [2.45, 2.75) is 23.8 Å². The van der Waals surface area contributed by atoms with Gasteiger partial charge in [0.15, 0.2) is 0 Å². The van der Waals surface area contributed by atoms with Gasteiger partial charge in [0.05, 0.1) is 0 Å². The number of sulfonamides is 1. The molecule has 0 saturated heterocycles. The first-order chi connectivity index (χ1) is 9.12. The molecule has 0 radical (unpaired) electrons. The molecule has 8 heteroatoms. The van der Waals surface area contributed by atoms with Crippen LogP contribution in [0.5, 0.6) is 0 Å². The van der Waals surface area contributed by atoms with E-state index < -0.39 is 10.0 Å². The van der Waals surface area contributed by atoms with E-state index in [-0.39, 0.29) is 23.3 Å². The summed E-state index contributed by atoms with van der Waals surface area (Å²) in [5.74, 6) is 0.378. The number of aromatic amines is 1. The van der Waals surface area contributed by atoms with E-state index in [9.17, 15) is 8.42 Å². The molecule has 1 unspecified atom stereocenters. The summed E-state index contributed by atoms with van der Waals surface area (Å²) in [6.07, 6.45) is 5.18. The summed E-state index contributed by atoms with van der Waals surface area (Å²) in [5, 5.41) is 0.599. The van der Waals surface area contributed by atoms with E-state index in [0.29, 0.717) is 23.5 Å². The first kappa shape index (κ1) is 15.2. The molecule has 2 aromatic rings. The number of nitrogens with one attached hydrogen (secondary N) is 2. The molecule has 0 bridgehead atoms. The third-order valence-electron chi connectivity index (χ3n) is 3.45. The molecule has 3 rings (SSSR count). The molecule has 0 amide bonds. The molecule has 1 aliphatic carbocycles. The van der Waals surface area contributed by atoms with Crippen LogP contribution in [0.4, 0.5) is 0 Å². The van der Waals surface area contributed by atoms with Gasteiger partial charge in [0.25, 0.3) is 0 Å². The average molecular weight is 317 g/mol. The molecule has 4 N–H and O–H groups in total. The number of halogens is 1. The van der Waals surface area contributed by atoms with Crippen LogP contribution in [0.3, 0.4) is 0 Å². The minimum absolute atomic E-state index is 0. The van der Waals surface area contributed by atoms with Crippen molar-refractivity contribution in [2.24, 2.45) is 11.7 Å². The summed E-state index contributed by atoms with van der Waals surface area (Å²) in [5.41, 5.74) is 6.21. The first-order valence-corrected chi connectivity index (χ1v) is 7.74. The van der Waals surface area contributed by atoms with Crippen molar-refractivity contribution in [3.05, 3.63) is 24.5 Å². The molecule has 1 aliphatic rings. The van der Waals surface area contributed by atoms with Crippen LogP contribution in [-0.2, 0) is 10.0 Å². The maximum absolute atomic E-state index is 12.4. The molecule has 1 fully saturated rings. The fourth-order valence-corrected chi connectivity index (χ4v) is 3.73. The van der Waals surface area contributed by atoms with Crippen molar-refractivity contribution >= 4 is 33.5 Å². The summed E-state index contributed by atoms with van der Waals surface area (Å²) in [6, 6.07) is 3.28. The SMILES string of the molecule is Cl.NCC(NS(=O)(=O)c1c[nH]c2ncccc12)C1CC1. The summed E-state index contributed by atoms with van der Waals surface area (Å²) in [7, 11) is -3.56. The van der Waals surface area contributed by atoms with Gasteiger partial charge in [0.1, 0.15) is 10.5 Å². The van der Waals surface area contributed by atoms with E-state index in [1.54, 1.807) is 18.3 Å². The topological polar surface area (TPSA) is 101 Å². The van der Waals surface area contributed by atoms with Crippen LogP contribution in [-0.4, -0.2) is 31.0 Å². The van der Waals surface area contributed by atoms with Crippen LogP contribution >= 0.6 is 12.4 Å². The van der Waals surface area contributed by atoms with Gasteiger partial charge < -0.3 is 10.7 Å². The molecule has 0 spiro atoms. The summed E-state index contributed by atoms with van der Waals surface area (Å²) < 4.78 is 27.5. The van der Waals surface area contributed by atoms with Gasteiger partial charge in [-0.2, -0.15) is 0 Å². The number of fused-ring (bicyclic) bond motifs is 1. The average Bonchev–Trinajstić information content (AvgIpc) is 3.14. The van der Waals surface area contributed by atoms with Crippen LogP contribution < -0.4 is 10.5 Å². The molecule has 20 heavy (non-hydrogen) atoms. The Morgan fingerprint density at radius 2 is 2.25 bits per heavy atom. The highest BCUT2D eigenvalue weighted by atomic mass is 35.5. The Bertz CT molecular complexity index is 696. The van der Waals surface area contributed by atoms with Gasteiger partial charge in [-0.3, -0.25) is 0 Å². The number of nitrogens with zero attached hydrogens (tertiary/aromatic N) is 1. The normalized spacial score (nSPS) is 16.9. The summed E-state index contributed by atoms with van der Waals surface area (Å²) in [6.45, 7) is 0.324. The highest BCUT2D eigenvalue weighted by Gasteiger charge is 2.34. The number of hydrogen-bond acceptors (Lipinski definition) is 4. The molecule has 1 saturated carbocycles. The van der Waals surface area contributed by atoms with Crippen LogP contribution in [0.1, 0.15) is 12.8 Å². The maximum Gasteiger partial charge on any atom is 0.243 e. The molecule has 1 atom stereocenters. The first-order valence-electron chi connectivity index (χ1n) is 6.26. The lowest BCUT2D eigenvalue weighted by Gasteiger charge is -2.15. The predicted molar refractivity (Wildman–Crippen MR) is 79.2 cm³/mol. The Labute approximate surface area is 123 Å². The lowest BCUT2D eigenvalue weighted by Crippen LogP contribution is -2.41. The van der Waals surface area contributed by atoms with E-state index in [1.165, 1.54) is 6.20 Å². The number of nitrogens with two attached hydrogens (primary N) is 1. The number of H-pyrrole nitrogens is 1. The molecule has 2 heterocycles. The zero-order valence-electron chi connectivity index (χ0n) is 10.7. The lowest BCUT2D eigenvalue weighted by atomic mass is 10.2. The highest BCUT2D eigenvalue weighted by Crippen LogP contribution is 2.33. The van der Waals surface area contributed by atoms with Crippen molar-refractivity contribution in [3.63, 3.8) is 0 Å². The molecular weight excluding hydrogens is 300 g/mol. The largest absolute Gasteiger partial charge is 0.345 e. The number of rotatable bonds is 5. The van der Waals surface area contributed by atoms with Gasteiger partial charge in [0.2, 0.25) is 10.0 Å². The van der Waals surface area contributed by atoms with Crippen molar-refractivity contribution < 1.29 is 8.42 Å². The smallest absolute Gasteiger partial charge is 0.243 e. The second kappa shape index (κ2) is 5.69. The van der Waals surface area contributed by atoms with E-state index in [1.807, 2.05) is 0 Å². The predicted octanol–water partition coefficient (Wildman–Crippen LogP) is 1.00. The standard InChI is InChI=1S/C12H16N4O2S.ClH/c13-6-10(8-3-4-8)16-19(17,18)11-7-15-12-9(11)2-1-5-14-12;/h1-2,5,7-8,10,16H,3-4,6,13H2,(H,14,15);1H. The van der Waals surface area contributed by atoms with Gasteiger partial charge in [-0.25, -0.2) is 18.1 Å². The van der Waals surface area contributed by atoms with Crippen molar-refractivity contribution in [2.75, 3.05) is 6.54 Å². The van der Waals surface area contributed by atoms with Crippen LogP contribution in [0.25, 0.3) is 11.0 Å². The Morgan fingerprint density at radius 3 is 2.90 bits per heavy atom. The fourth-order valence-electron chi connectivity index (χ4n) is 2.25. The second-order valence-corrected chi connectivity index (χ2v) is 6.54. The van der Waals surface area contributed by atoms with E-state index in [2.05, 4.69) is 14.7 Å². The third-order valence-corrected chi connectivity index (χ3v) is 4.98. The maximum atomic E-state index is 12.4. The molecule has 110 valence electrons. The molecule has 6 nitrogen and oxygen atoms in total. The van der Waals surface area contributed by atoms with Crippen molar-refractivity contribution in [1.29, 1.82) is 0 Å². The van der Waals surface area contributed by atoms with Gasteiger partial charge >= 0.3 is 0 Å². The molecule has 0 aromatic carbocycles. The Hall–Kier alpha value is -1.15. The van der Waals surface area contributed by atoms with Gasteiger partial charge in [0, 0.05) is 30.4 Å². The summed E-state index contributed by atoms with van der Waals surface area (Å²) >= 11 is 0. The van der Waals surface area contributed by atoms with Crippen molar-refractivity contribution in [3.8, 4) is 0 Å². The van der Waals surface area contributed by atoms with E-state index in [0.717, 1.165) is 12.8 Å². The monoisotopic (exact) mass is 316 g/mol. The van der Waals surface area contributed by atoms with Gasteiger partial charge in [-0.15, -0.1) is 12.4 Å². The van der Waals surface area contributed by atoms with E-state index >= 15 is 0 Å². The molecule has 2 aromatic heterocycles. The van der Waals surface area contributed by atoms with Crippen molar-refractivity contribution in [1.82, 2.24) is 14.7 Å². The highest BCUT2D eigenvalue weighted by molar-refractivity contribution is 7.89. The minimum atomic E-state index is -3.56. The lowest BCUT2D eigenvalue weighted by molar-refractivity contribution is 0.519. The van der Waals surface area contributed by atoms with Crippen LogP contribution in [0, 0.1) is 5.92 Å². The molecule has 0 aliphatic heterocycles. The zero-order chi connectivity index (χ0) is 13.5. The Kier molecular flexibility index (Phi) is 4.33. The number of pyridine rings is 1. The number of hydrogen-bond donors (Lipinski definition) is 3. The summed E-state index contributed by atoms with van der Waals surface area (Å²) in [4.78, 5) is 7.19. The Morgan fingerprint density at radius 1 is 1.50 bits per heavy atom. The minimum Gasteiger partial charge on any atom is -0.345 e. The van der Waals surface area contributed by atoms with Crippen LogP contribution in [0.15, 0.2) is 29.4 Å². The fraction of sp³-hybridized carbons (Fsp3) is 0.417. The Balaban J connectivity index is 0.00000147. The van der Waals surface area contributed by atoms with E-state index in [4.69, 9.17) is 5.73 Å². The quantitative estimate of drug-likeness (QED) is 0.766. The van der Waals surface area contributed by atoms with Gasteiger partial charge in [-0.1, -0.05) is 0 Å².